The fraction of sp³-hybridized carbons (Fsp3) is 0.429. The van der Waals surface area contributed by atoms with Gasteiger partial charge in [-0.3, -0.25) is 9.59 Å². The maximum Gasteiger partial charge on any atom is 0.326 e. The molecule has 29 heavy (non-hydrogen) atoms. The number of imidazole rings is 1. The summed E-state index contributed by atoms with van der Waals surface area (Å²) in [7, 11) is 0. The molecule has 2 saturated heterocycles. The lowest BCUT2D eigenvalue weighted by Gasteiger charge is -2.39. The SMILES string of the molecule is CC(=O)N1CC2(CCN(C(=O)c3ccc(-n4ccnc4)cc3)CC2)C[C@@H]1C(=O)O. The van der Waals surface area contributed by atoms with E-state index >= 15 is 0 Å². The fourth-order valence-corrected chi connectivity index (χ4v) is 4.52. The molecule has 2 aromatic rings. The molecule has 152 valence electrons. The van der Waals surface area contributed by atoms with Gasteiger partial charge in [0.05, 0.1) is 6.33 Å². The molecule has 2 amide bonds. The standard InChI is InChI=1S/C21H24N4O4/c1-15(26)25-13-21(12-18(25)20(28)29)6-9-23(10-7-21)19(27)16-2-4-17(5-3-16)24-11-8-22-14-24/h2-5,8,11,14,18H,6-7,9-10,12-13H2,1H3,(H,28,29)/t18-/m1/s1. The minimum Gasteiger partial charge on any atom is -0.480 e. The topological polar surface area (TPSA) is 95.7 Å². The highest BCUT2D eigenvalue weighted by Crippen LogP contribution is 2.43. The molecule has 1 aromatic heterocycles. The van der Waals surface area contributed by atoms with E-state index in [0.717, 1.165) is 5.69 Å². The predicted molar refractivity (Wildman–Crippen MR) is 105 cm³/mol. The number of hydrogen-bond donors (Lipinski definition) is 1. The zero-order valence-corrected chi connectivity index (χ0v) is 16.3. The third-order valence-corrected chi connectivity index (χ3v) is 6.23. The Morgan fingerprint density at radius 2 is 1.83 bits per heavy atom. The lowest BCUT2D eigenvalue weighted by Crippen LogP contribution is -2.44. The Balaban J connectivity index is 1.41. The predicted octanol–water partition coefficient (Wildman–Crippen LogP) is 1.80. The van der Waals surface area contributed by atoms with Gasteiger partial charge in [0, 0.05) is 50.2 Å². The average molecular weight is 396 g/mol. The molecule has 8 heteroatoms. The summed E-state index contributed by atoms with van der Waals surface area (Å²) in [5, 5.41) is 9.46. The van der Waals surface area contributed by atoms with Crippen LogP contribution < -0.4 is 0 Å². The molecule has 3 heterocycles. The number of aliphatic carboxylic acids is 1. The van der Waals surface area contributed by atoms with Crippen LogP contribution in [0.25, 0.3) is 5.69 Å². The van der Waals surface area contributed by atoms with Crippen molar-refractivity contribution in [1.29, 1.82) is 0 Å². The van der Waals surface area contributed by atoms with E-state index < -0.39 is 12.0 Å². The van der Waals surface area contributed by atoms with Crippen molar-refractivity contribution < 1.29 is 19.5 Å². The number of carbonyl (C=O) groups excluding carboxylic acids is 2. The summed E-state index contributed by atoms with van der Waals surface area (Å²) in [5.74, 6) is -1.17. The average Bonchev–Trinajstić information content (AvgIpc) is 3.37. The van der Waals surface area contributed by atoms with Crippen LogP contribution >= 0.6 is 0 Å². The second-order valence-electron chi connectivity index (χ2n) is 8.01. The van der Waals surface area contributed by atoms with Crippen LogP contribution in [0.3, 0.4) is 0 Å². The number of carbonyl (C=O) groups is 3. The van der Waals surface area contributed by atoms with Crippen molar-refractivity contribution >= 4 is 17.8 Å². The molecule has 0 radical (unpaired) electrons. The number of carboxylic acid groups (broad SMARTS) is 1. The first-order chi connectivity index (χ1) is 13.9. The maximum absolute atomic E-state index is 12.9. The summed E-state index contributed by atoms with van der Waals surface area (Å²) in [6.45, 7) is 3.02. The Labute approximate surface area is 168 Å². The monoisotopic (exact) mass is 396 g/mol. The Morgan fingerprint density at radius 1 is 1.14 bits per heavy atom. The van der Waals surface area contributed by atoms with Gasteiger partial charge in [0.1, 0.15) is 6.04 Å². The zero-order valence-electron chi connectivity index (χ0n) is 16.3. The molecule has 1 atom stereocenters. The van der Waals surface area contributed by atoms with Gasteiger partial charge >= 0.3 is 5.97 Å². The van der Waals surface area contributed by atoms with Gasteiger partial charge < -0.3 is 19.5 Å². The molecular formula is C21H24N4O4. The Hall–Kier alpha value is -3.16. The van der Waals surface area contributed by atoms with Crippen LogP contribution in [0.1, 0.15) is 36.5 Å². The second-order valence-corrected chi connectivity index (χ2v) is 8.01. The van der Waals surface area contributed by atoms with Gasteiger partial charge in [-0.05, 0) is 48.9 Å². The molecule has 1 aromatic carbocycles. The molecule has 0 saturated carbocycles. The van der Waals surface area contributed by atoms with Crippen LogP contribution in [0.2, 0.25) is 0 Å². The lowest BCUT2D eigenvalue weighted by atomic mass is 9.76. The van der Waals surface area contributed by atoms with E-state index in [9.17, 15) is 19.5 Å². The third kappa shape index (κ3) is 3.62. The minimum absolute atomic E-state index is 0.0202. The second kappa shape index (κ2) is 7.35. The van der Waals surface area contributed by atoms with Gasteiger partial charge in [-0.15, -0.1) is 0 Å². The molecule has 1 N–H and O–H groups in total. The molecule has 2 aliphatic rings. The molecule has 0 unspecified atom stereocenters. The number of nitrogens with zero attached hydrogens (tertiary/aromatic N) is 4. The van der Waals surface area contributed by atoms with Gasteiger partial charge in [-0.1, -0.05) is 0 Å². The molecule has 4 rings (SSSR count). The van der Waals surface area contributed by atoms with E-state index in [2.05, 4.69) is 4.98 Å². The lowest BCUT2D eigenvalue weighted by molar-refractivity contribution is -0.147. The summed E-state index contributed by atoms with van der Waals surface area (Å²) in [6, 6.07) is 6.65. The minimum atomic E-state index is -0.950. The molecule has 2 aliphatic heterocycles. The van der Waals surface area contributed by atoms with Crippen LogP contribution in [0, 0.1) is 5.41 Å². The highest BCUT2D eigenvalue weighted by atomic mass is 16.4. The fourth-order valence-electron chi connectivity index (χ4n) is 4.52. The smallest absolute Gasteiger partial charge is 0.326 e. The van der Waals surface area contributed by atoms with E-state index in [4.69, 9.17) is 0 Å². The van der Waals surface area contributed by atoms with Crippen LogP contribution in [0.4, 0.5) is 0 Å². The number of amides is 2. The number of hydrogen-bond acceptors (Lipinski definition) is 4. The van der Waals surface area contributed by atoms with Crippen LogP contribution in [-0.4, -0.2) is 67.9 Å². The van der Waals surface area contributed by atoms with Crippen molar-refractivity contribution in [2.75, 3.05) is 19.6 Å². The Morgan fingerprint density at radius 3 is 2.34 bits per heavy atom. The van der Waals surface area contributed by atoms with E-state index in [-0.39, 0.29) is 17.2 Å². The van der Waals surface area contributed by atoms with E-state index in [0.29, 0.717) is 44.5 Å². The summed E-state index contributed by atoms with van der Waals surface area (Å²) in [4.78, 5) is 43.6. The van der Waals surface area contributed by atoms with E-state index in [1.54, 1.807) is 12.5 Å². The number of aromatic nitrogens is 2. The summed E-state index contributed by atoms with van der Waals surface area (Å²) >= 11 is 0. The first kappa shape index (κ1) is 19.2. The Bertz CT molecular complexity index is 891. The van der Waals surface area contributed by atoms with Crippen molar-refractivity contribution in [3.05, 3.63) is 48.5 Å². The summed E-state index contributed by atoms with van der Waals surface area (Å²) in [6.07, 6.45) is 7.13. The van der Waals surface area contributed by atoms with Crippen LogP contribution in [-0.2, 0) is 9.59 Å². The first-order valence-electron chi connectivity index (χ1n) is 9.76. The molecule has 1 spiro atoms. The van der Waals surface area contributed by atoms with Crippen molar-refractivity contribution in [3.8, 4) is 5.69 Å². The van der Waals surface area contributed by atoms with Gasteiger partial charge in [0.25, 0.3) is 5.91 Å². The quantitative estimate of drug-likeness (QED) is 0.854. The van der Waals surface area contributed by atoms with Crippen molar-refractivity contribution in [3.63, 3.8) is 0 Å². The maximum atomic E-state index is 12.9. The number of carboxylic acids is 1. The van der Waals surface area contributed by atoms with Gasteiger partial charge in [-0.25, -0.2) is 9.78 Å². The van der Waals surface area contributed by atoms with Crippen LogP contribution in [0.15, 0.2) is 43.0 Å². The number of piperidine rings is 1. The van der Waals surface area contributed by atoms with Gasteiger partial charge in [0.15, 0.2) is 0 Å². The van der Waals surface area contributed by atoms with Crippen molar-refractivity contribution in [2.24, 2.45) is 5.41 Å². The Kier molecular flexibility index (Phi) is 4.86. The van der Waals surface area contributed by atoms with Crippen molar-refractivity contribution in [1.82, 2.24) is 19.4 Å². The highest BCUT2D eigenvalue weighted by molar-refractivity contribution is 5.94. The van der Waals surface area contributed by atoms with E-state index in [1.165, 1.54) is 11.8 Å². The zero-order chi connectivity index (χ0) is 20.6. The first-order valence-corrected chi connectivity index (χ1v) is 9.76. The molecule has 0 bridgehead atoms. The van der Waals surface area contributed by atoms with Gasteiger partial charge in [-0.2, -0.15) is 0 Å². The summed E-state index contributed by atoms with van der Waals surface area (Å²) in [5.41, 5.74) is 1.35. The number of likely N-dealkylation sites (tertiary alicyclic amines) is 2. The van der Waals surface area contributed by atoms with Crippen molar-refractivity contribution in [2.45, 2.75) is 32.2 Å². The van der Waals surface area contributed by atoms with E-state index in [1.807, 2.05) is 39.9 Å². The highest BCUT2D eigenvalue weighted by Gasteiger charge is 2.49. The van der Waals surface area contributed by atoms with Gasteiger partial charge in [0.2, 0.25) is 5.91 Å². The molecule has 2 fully saturated rings. The number of benzene rings is 1. The summed E-state index contributed by atoms with van der Waals surface area (Å²) < 4.78 is 1.87. The number of rotatable bonds is 3. The largest absolute Gasteiger partial charge is 0.480 e. The normalized spacial score (nSPS) is 20.8. The molecular weight excluding hydrogens is 372 g/mol. The van der Waals surface area contributed by atoms with Crippen LogP contribution in [0.5, 0.6) is 0 Å². The molecule has 8 nitrogen and oxygen atoms in total. The molecule has 0 aliphatic carbocycles. The third-order valence-electron chi connectivity index (χ3n) is 6.23.